The highest BCUT2D eigenvalue weighted by Gasteiger charge is 2.05. The fourth-order valence-corrected chi connectivity index (χ4v) is 2.40. The summed E-state index contributed by atoms with van der Waals surface area (Å²) in [5, 5.41) is 1.55. The van der Waals surface area contributed by atoms with Crippen molar-refractivity contribution in [2.24, 2.45) is 27.2 Å². The van der Waals surface area contributed by atoms with E-state index in [1.165, 1.54) is 0 Å². The van der Waals surface area contributed by atoms with Gasteiger partial charge in [0.25, 0.3) is 11.1 Å². The van der Waals surface area contributed by atoms with Crippen molar-refractivity contribution in [2.45, 2.75) is 0 Å². The summed E-state index contributed by atoms with van der Waals surface area (Å²) in [5.74, 6) is 0.983. The lowest BCUT2D eigenvalue weighted by atomic mass is 10.3. The Morgan fingerprint density at radius 2 is 1.42 bits per heavy atom. The van der Waals surface area contributed by atoms with Crippen LogP contribution >= 0.6 is 23.2 Å². The van der Waals surface area contributed by atoms with Gasteiger partial charge in [-0.2, -0.15) is 20.0 Å². The van der Waals surface area contributed by atoms with E-state index in [2.05, 4.69) is 43.3 Å². The second kappa shape index (κ2) is 13.8. The van der Waals surface area contributed by atoms with Crippen LogP contribution in [0.2, 0.25) is 0 Å². The topological polar surface area (TPSA) is 201 Å². The average Bonchev–Trinajstić information content (AvgIpc) is 3.41. The molecule has 36 heavy (non-hydrogen) atoms. The standard InChI is InChI=1S/C11H9ClN4O2.C8H8N4O.C3HClO/c12-6-5-9(17)15-10(13)16-11-14-7-3-1-2-4-8(7)18-11;9-7(10)12-8-11-5-3-1-2-4-6(5)13-8;1-2-3(4)5/h1-6H,(H3,13,14,15,16,17);1-4H,(H4,9,10,11,12);1H/b6-5+;;. The largest absolute Gasteiger partial charge is 0.422 e. The number of halogens is 2. The Bertz CT molecular complexity index is 1410. The SMILES string of the molecule is C#CC(=O)Cl.NC(=Nc1nc2ccccc2o1)NC(=O)/C=C/Cl.NC(N)=Nc1nc2ccccc2o1. The van der Waals surface area contributed by atoms with Gasteiger partial charge in [0.2, 0.25) is 5.96 Å². The molecule has 12 nitrogen and oxygen atoms in total. The number of nitrogens with one attached hydrogen (secondary N) is 1. The van der Waals surface area contributed by atoms with Gasteiger partial charge in [0.1, 0.15) is 11.0 Å². The van der Waals surface area contributed by atoms with Crippen LogP contribution in [0.15, 0.2) is 79.0 Å². The van der Waals surface area contributed by atoms with Crippen molar-refractivity contribution in [1.29, 1.82) is 0 Å². The van der Waals surface area contributed by atoms with Crippen molar-refractivity contribution in [3.05, 3.63) is 60.1 Å². The number of hydrogen-bond donors (Lipinski definition) is 4. The second-order valence-electron chi connectivity index (χ2n) is 6.16. The number of hydrogen-bond acceptors (Lipinski definition) is 8. The number of amides is 1. The van der Waals surface area contributed by atoms with E-state index in [1.54, 1.807) is 24.1 Å². The number of rotatable bonds is 3. The summed E-state index contributed by atoms with van der Waals surface area (Å²) in [6.45, 7) is 0. The van der Waals surface area contributed by atoms with E-state index in [9.17, 15) is 9.59 Å². The normalized spacial score (nSPS) is 10.5. The maximum Gasteiger partial charge on any atom is 0.325 e. The van der Waals surface area contributed by atoms with Crippen LogP contribution in [-0.4, -0.2) is 33.0 Å². The third-order valence-electron chi connectivity index (χ3n) is 3.59. The number of carbonyl (C=O) groups is 2. The lowest BCUT2D eigenvalue weighted by Gasteiger charge is -1.97. The molecule has 0 aliphatic heterocycles. The first-order valence-corrected chi connectivity index (χ1v) is 10.4. The van der Waals surface area contributed by atoms with Crippen molar-refractivity contribution in [3.8, 4) is 12.3 Å². The van der Waals surface area contributed by atoms with E-state index < -0.39 is 11.1 Å². The molecule has 0 saturated carbocycles. The monoisotopic (exact) mass is 528 g/mol. The molecule has 0 aliphatic carbocycles. The molecule has 0 unspecified atom stereocenters. The summed E-state index contributed by atoms with van der Waals surface area (Å²) in [5.41, 5.74) is 19.6. The molecular weight excluding hydrogens is 511 g/mol. The Morgan fingerprint density at radius 1 is 0.944 bits per heavy atom. The molecule has 4 aromatic rings. The lowest BCUT2D eigenvalue weighted by molar-refractivity contribution is -0.115. The fraction of sp³-hybridized carbons (Fsp3) is 0. The quantitative estimate of drug-likeness (QED) is 0.101. The summed E-state index contributed by atoms with van der Waals surface area (Å²) in [6, 6.07) is 14.8. The molecule has 0 saturated heterocycles. The number of guanidine groups is 2. The number of carbonyl (C=O) groups excluding carboxylic acids is 2. The lowest BCUT2D eigenvalue weighted by Crippen LogP contribution is -2.35. The third kappa shape index (κ3) is 9.18. The van der Waals surface area contributed by atoms with E-state index >= 15 is 0 Å². The minimum Gasteiger partial charge on any atom is -0.422 e. The zero-order valence-electron chi connectivity index (χ0n) is 18.3. The number of oxazole rings is 2. The van der Waals surface area contributed by atoms with Crippen LogP contribution in [0.1, 0.15) is 0 Å². The molecule has 0 atom stereocenters. The number of aliphatic imine (C=N–C) groups is 2. The highest BCUT2D eigenvalue weighted by molar-refractivity contribution is 6.68. The van der Waals surface area contributed by atoms with Gasteiger partial charge in [-0.25, -0.2) is 0 Å². The Kier molecular flexibility index (Phi) is 10.5. The van der Waals surface area contributed by atoms with E-state index in [0.29, 0.717) is 16.7 Å². The van der Waals surface area contributed by atoms with Crippen molar-refractivity contribution in [3.63, 3.8) is 0 Å². The zero-order valence-corrected chi connectivity index (χ0v) is 19.8. The van der Waals surface area contributed by atoms with E-state index in [-0.39, 0.29) is 23.9 Å². The highest BCUT2D eigenvalue weighted by Crippen LogP contribution is 2.20. The number of nitrogens with zero attached hydrogens (tertiary/aromatic N) is 4. The van der Waals surface area contributed by atoms with Crippen LogP contribution < -0.4 is 22.5 Å². The molecule has 4 rings (SSSR count). The average molecular weight is 529 g/mol. The minimum absolute atomic E-state index is 0.0634. The first-order valence-electron chi connectivity index (χ1n) is 9.60. The smallest absolute Gasteiger partial charge is 0.325 e. The number of nitrogens with two attached hydrogens (primary N) is 3. The zero-order chi connectivity index (χ0) is 26.5. The molecule has 2 aromatic carbocycles. The molecule has 184 valence electrons. The van der Waals surface area contributed by atoms with E-state index in [1.807, 2.05) is 30.3 Å². The molecule has 2 aromatic heterocycles. The van der Waals surface area contributed by atoms with Gasteiger partial charge in [-0.3, -0.25) is 14.9 Å². The molecule has 14 heteroatoms. The molecule has 7 N–H and O–H groups in total. The van der Waals surface area contributed by atoms with Gasteiger partial charge in [0.15, 0.2) is 17.1 Å². The van der Waals surface area contributed by atoms with Gasteiger partial charge in [-0.05, 0) is 41.8 Å². The molecule has 0 aliphatic rings. The molecular formula is C22H18Cl2N8O4. The van der Waals surface area contributed by atoms with Gasteiger partial charge in [-0.15, -0.1) is 6.42 Å². The number of para-hydroxylation sites is 4. The molecule has 0 fully saturated rings. The molecule has 0 radical (unpaired) electrons. The highest BCUT2D eigenvalue weighted by atomic mass is 35.5. The number of aromatic nitrogens is 2. The molecule has 0 bridgehead atoms. The minimum atomic E-state index is -0.745. The van der Waals surface area contributed by atoms with Gasteiger partial charge in [-0.1, -0.05) is 35.9 Å². The Labute approximate surface area is 213 Å². The predicted octanol–water partition coefficient (Wildman–Crippen LogP) is 2.76. The number of fused-ring (bicyclic) bond motifs is 2. The molecule has 2 heterocycles. The van der Waals surface area contributed by atoms with Crippen molar-refractivity contribution in [2.75, 3.05) is 0 Å². The van der Waals surface area contributed by atoms with Gasteiger partial charge in [0, 0.05) is 11.6 Å². The van der Waals surface area contributed by atoms with Crippen LogP contribution in [-0.2, 0) is 9.59 Å². The third-order valence-corrected chi connectivity index (χ3v) is 3.82. The predicted molar refractivity (Wildman–Crippen MR) is 138 cm³/mol. The van der Waals surface area contributed by atoms with E-state index in [0.717, 1.165) is 17.1 Å². The molecule has 1 amide bonds. The van der Waals surface area contributed by atoms with Gasteiger partial charge < -0.3 is 26.0 Å². The Hall–Kier alpha value is -4.86. The summed E-state index contributed by atoms with van der Waals surface area (Å²) in [4.78, 5) is 36.1. The fourth-order valence-electron chi connectivity index (χ4n) is 2.28. The Morgan fingerprint density at radius 3 is 1.83 bits per heavy atom. The van der Waals surface area contributed by atoms with E-state index in [4.69, 9.17) is 37.6 Å². The van der Waals surface area contributed by atoms with Crippen LogP contribution in [0.4, 0.5) is 12.0 Å². The van der Waals surface area contributed by atoms with Crippen LogP contribution in [0.25, 0.3) is 22.2 Å². The maximum atomic E-state index is 11.1. The van der Waals surface area contributed by atoms with Crippen LogP contribution in [0.3, 0.4) is 0 Å². The number of terminal acetylenes is 1. The second-order valence-corrected chi connectivity index (χ2v) is 6.76. The first kappa shape index (κ1) is 27.4. The number of benzene rings is 2. The van der Waals surface area contributed by atoms with Crippen molar-refractivity contribution >= 4 is 80.5 Å². The van der Waals surface area contributed by atoms with Crippen LogP contribution in [0, 0.1) is 12.3 Å². The summed E-state index contributed by atoms with van der Waals surface area (Å²) in [6.07, 6.45) is 5.55. The maximum absolute atomic E-state index is 11.1. The van der Waals surface area contributed by atoms with Gasteiger partial charge >= 0.3 is 12.0 Å². The van der Waals surface area contributed by atoms with Gasteiger partial charge in [0.05, 0.1) is 0 Å². The summed E-state index contributed by atoms with van der Waals surface area (Å²) >= 11 is 9.83. The first-order chi connectivity index (χ1) is 17.2. The van der Waals surface area contributed by atoms with Crippen molar-refractivity contribution in [1.82, 2.24) is 15.3 Å². The molecule has 0 spiro atoms. The summed E-state index contributed by atoms with van der Waals surface area (Å²) < 4.78 is 10.5. The van der Waals surface area contributed by atoms with Crippen LogP contribution in [0.5, 0.6) is 0 Å². The Balaban J connectivity index is 0.000000221. The van der Waals surface area contributed by atoms with Crippen molar-refractivity contribution < 1.29 is 18.4 Å². The summed E-state index contributed by atoms with van der Waals surface area (Å²) in [7, 11) is 0.